The third kappa shape index (κ3) is 4.21. The first-order chi connectivity index (χ1) is 16.6. The maximum Gasteiger partial charge on any atom is 0.254 e. The van der Waals surface area contributed by atoms with Crippen LogP contribution in [-0.4, -0.2) is 44.2 Å². The number of pyridine rings is 1. The van der Waals surface area contributed by atoms with Gasteiger partial charge in [0.15, 0.2) is 0 Å². The van der Waals surface area contributed by atoms with Gasteiger partial charge in [-0.3, -0.25) is 14.9 Å². The predicted molar refractivity (Wildman–Crippen MR) is 126 cm³/mol. The summed E-state index contributed by atoms with van der Waals surface area (Å²) in [5, 5.41) is 26.5. The molecular formula is C26H23N5O3. The minimum Gasteiger partial charge on any atom is -0.490 e. The van der Waals surface area contributed by atoms with Crippen LogP contribution in [0.2, 0.25) is 0 Å². The average Bonchev–Trinajstić information content (AvgIpc) is 3.54. The number of rotatable bonds is 7. The lowest BCUT2D eigenvalue weighted by atomic mass is 10.0. The van der Waals surface area contributed by atoms with Crippen LogP contribution in [0.5, 0.6) is 5.75 Å². The van der Waals surface area contributed by atoms with E-state index in [9.17, 15) is 15.2 Å². The number of nitrogens with zero attached hydrogens (tertiary/aromatic N) is 4. The SMILES string of the molecule is CN(Cc1cnc(CO)c2cn[nH]c12)C(=O)c1ccc(-c2cccc(C#N)c2)c(OC2CC2)c1. The minimum atomic E-state index is -0.182. The van der Waals surface area contributed by atoms with E-state index < -0.39 is 0 Å². The van der Waals surface area contributed by atoms with Crippen LogP contribution in [0.1, 0.15) is 40.0 Å². The first kappa shape index (κ1) is 21.6. The van der Waals surface area contributed by atoms with Crippen molar-refractivity contribution >= 4 is 16.8 Å². The molecule has 1 aliphatic carbocycles. The molecule has 2 N–H and O–H groups in total. The number of aliphatic hydroxyl groups is 1. The molecule has 1 amide bonds. The van der Waals surface area contributed by atoms with Crippen LogP contribution in [-0.2, 0) is 13.2 Å². The number of amides is 1. The molecular weight excluding hydrogens is 430 g/mol. The molecule has 0 radical (unpaired) electrons. The number of ether oxygens (including phenoxy) is 1. The van der Waals surface area contributed by atoms with Crippen molar-refractivity contribution in [3.8, 4) is 22.9 Å². The van der Waals surface area contributed by atoms with Gasteiger partial charge in [-0.15, -0.1) is 0 Å². The first-order valence-electron chi connectivity index (χ1n) is 11.0. The molecule has 0 bridgehead atoms. The number of H-pyrrole nitrogens is 1. The summed E-state index contributed by atoms with van der Waals surface area (Å²) in [6, 6.07) is 15.0. The van der Waals surface area contributed by atoms with Crippen molar-refractivity contribution in [2.45, 2.75) is 32.1 Å². The number of carbonyl (C=O) groups excluding carboxylic acids is 1. The van der Waals surface area contributed by atoms with Gasteiger partial charge in [-0.2, -0.15) is 10.4 Å². The van der Waals surface area contributed by atoms with Gasteiger partial charge in [0.1, 0.15) is 5.75 Å². The van der Waals surface area contributed by atoms with Gasteiger partial charge < -0.3 is 14.7 Å². The molecule has 2 aromatic carbocycles. The van der Waals surface area contributed by atoms with Gasteiger partial charge in [0.05, 0.1) is 41.8 Å². The van der Waals surface area contributed by atoms with Crippen molar-refractivity contribution in [3.05, 3.63) is 77.2 Å². The Kier molecular flexibility index (Phi) is 5.70. The Bertz CT molecular complexity index is 1420. The lowest BCUT2D eigenvalue weighted by Crippen LogP contribution is -2.26. The number of aliphatic hydroxyl groups excluding tert-OH is 1. The summed E-state index contributed by atoms with van der Waals surface area (Å²) >= 11 is 0. The number of nitrogens with one attached hydrogen (secondary N) is 1. The number of nitriles is 1. The Hall–Kier alpha value is -4.22. The summed E-state index contributed by atoms with van der Waals surface area (Å²) in [5.74, 6) is 0.485. The number of benzene rings is 2. The molecule has 8 heteroatoms. The molecule has 2 aromatic heterocycles. The second kappa shape index (κ2) is 8.96. The van der Waals surface area contributed by atoms with Gasteiger partial charge in [-0.1, -0.05) is 12.1 Å². The molecule has 34 heavy (non-hydrogen) atoms. The van der Waals surface area contributed by atoms with Crippen LogP contribution in [0.15, 0.2) is 54.9 Å². The van der Waals surface area contributed by atoms with Crippen LogP contribution in [0.3, 0.4) is 0 Å². The summed E-state index contributed by atoms with van der Waals surface area (Å²) in [5.41, 5.74) is 4.91. The van der Waals surface area contributed by atoms with Crippen molar-refractivity contribution in [2.75, 3.05) is 7.05 Å². The van der Waals surface area contributed by atoms with Gasteiger partial charge in [0, 0.05) is 41.9 Å². The zero-order valence-electron chi connectivity index (χ0n) is 18.7. The molecule has 0 spiro atoms. The Morgan fingerprint density at radius 2 is 2.12 bits per heavy atom. The topological polar surface area (TPSA) is 115 Å². The van der Waals surface area contributed by atoms with E-state index in [2.05, 4.69) is 21.3 Å². The van der Waals surface area contributed by atoms with E-state index in [0.717, 1.165) is 40.4 Å². The third-order valence-corrected chi connectivity index (χ3v) is 5.90. The van der Waals surface area contributed by atoms with Crippen molar-refractivity contribution in [3.63, 3.8) is 0 Å². The molecule has 5 rings (SSSR count). The molecule has 0 unspecified atom stereocenters. The lowest BCUT2D eigenvalue weighted by molar-refractivity contribution is 0.0785. The van der Waals surface area contributed by atoms with Gasteiger partial charge >= 0.3 is 0 Å². The van der Waals surface area contributed by atoms with E-state index in [1.54, 1.807) is 42.5 Å². The number of hydrogen-bond donors (Lipinski definition) is 2. The molecule has 0 saturated heterocycles. The molecule has 1 fully saturated rings. The second-order valence-electron chi connectivity index (χ2n) is 8.43. The molecule has 4 aromatic rings. The van der Waals surface area contributed by atoms with Gasteiger partial charge in [-0.05, 0) is 48.7 Å². The van der Waals surface area contributed by atoms with E-state index in [1.165, 1.54) is 0 Å². The predicted octanol–water partition coefficient (Wildman–Crippen LogP) is 3.80. The number of aromatic nitrogens is 3. The van der Waals surface area contributed by atoms with Gasteiger partial charge in [0.25, 0.3) is 5.91 Å². The molecule has 170 valence electrons. The minimum absolute atomic E-state index is 0.156. The van der Waals surface area contributed by atoms with Crippen LogP contribution >= 0.6 is 0 Å². The highest BCUT2D eigenvalue weighted by atomic mass is 16.5. The van der Waals surface area contributed by atoms with Gasteiger partial charge in [-0.25, -0.2) is 0 Å². The van der Waals surface area contributed by atoms with Crippen molar-refractivity contribution < 1.29 is 14.6 Å². The molecule has 8 nitrogen and oxygen atoms in total. The normalized spacial score (nSPS) is 13.0. The zero-order chi connectivity index (χ0) is 23.7. The Balaban J connectivity index is 1.43. The van der Waals surface area contributed by atoms with E-state index in [-0.39, 0.29) is 18.6 Å². The summed E-state index contributed by atoms with van der Waals surface area (Å²) in [6.07, 6.45) is 5.43. The summed E-state index contributed by atoms with van der Waals surface area (Å²) in [6.45, 7) is 0.138. The van der Waals surface area contributed by atoms with E-state index in [4.69, 9.17) is 4.74 Å². The van der Waals surface area contributed by atoms with Gasteiger partial charge in [0.2, 0.25) is 0 Å². The third-order valence-electron chi connectivity index (χ3n) is 5.90. The fourth-order valence-electron chi connectivity index (χ4n) is 3.95. The summed E-state index contributed by atoms with van der Waals surface area (Å²) in [7, 11) is 1.73. The number of aromatic amines is 1. The molecule has 0 atom stereocenters. The highest BCUT2D eigenvalue weighted by Crippen LogP contribution is 2.36. The molecule has 2 heterocycles. The smallest absolute Gasteiger partial charge is 0.254 e. The van der Waals surface area contributed by atoms with Crippen LogP contribution < -0.4 is 4.74 Å². The first-order valence-corrected chi connectivity index (χ1v) is 11.0. The fraction of sp³-hybridized carbons (Fsp3) is 0.231. The van der Waals surface area contributed by atoms with E-state index in [1.807, 2.05) is 24.3 Å². The van der Waals surface area contributed by atoms with Crippen LogP contribution in [0, 0.1) is 11.3 Å². The Morgan fingerprint density at radius 1 is 1.26 bits per heavy atom. The van der Waals surface area contributed by atoms with Crippen molar-refractivity contribution in [2.24, 2.45) is 0 Å². The number of fused-ring (bicyclic) bond motifs is 1. The van der Waals surface area contributed by atoms with E-state index in [0.29, 0.717) is 29.1 Å². The van der Waals surface area contributed by atoms with Crippen molar-refractivity contribution in [1.82, 2.24) is 20.1 Å². The van der Waals surface area contributed by atoms with E-state index >= 15 is 0 Å². The maximum atomic E-state index is 13.3. The Morgan fingerprint density at radius 3 is 2.88 bits per heavy atom. The number of hydrogen-bond acceptors (Lipinski definition) is 6. The fourth-order valence-corrected chi connectivity index (χ4v) is 3.95. The number of carbonyl (C=O) groups is 1. The molecule has 1 aliphatic rings. The highest BCUT2D eigenvalue weighted by Gasteiger charge is 2.26. The lowest BCUT2D eigenvalue weighted by Gasteiger charge is -2.19. The largest absolute Gasteiger partial charge is 0.490 e. The summed E-state index contributed by atoms with van der Waals surface area (Å²) < 4.78 is 6.15. The zero-order valence-corrected chi connectivity index (χ0v) is 18.7. The van der Waals surface area contributed by atoms with Crippen molar-refractivity contribution in [1.29, 1.82) is 5.26 Å². The summed E-state index contributed by atoms with van der Waals surface area (Å²) in [4.78, 5) is 19.2. The average molecular weight is 454 g/mol. The Labute approximate surface area is 196 Å². The van der Waals surface area contributed by atoms with Crippen LogP contribution in [0.25, 0.3) is 22.0 Å². The highest BCUT2D eigenvalue weighted by molar-refractivity contribution is 5.96. The monoisotopic (exact) mass is 453 g/mol. The second-order valence-corrected chi connectivity index (χ2v) is 8.43. The molecule has 0 aliphatic heterocycles. The molecule has 1 saturated carbocycles. The maximum absolute atomic E-state index is 13.3. The quantitative estimate of drug-likeness (QED) is 0.440. The standard InChI is InChI=1S/C26H23N5O3/c1-31(14-19-12-28-23(15-32)22-13-29-30-25(19)22)26(33)18-5-8-21(24(10-18)34-20-6-7-20)17-4-2-3-16(9-17)11-27/h2-5,8-10,12-13,20,32H,6-7,14-15H2,1H3,(H,29,30). The van der Waals surface area contributed by atoms with Crippen LogP contribution in [0.4, 0.5) is 0 Å².